The Kier molecular flexibility index (Phi) is 8.52. The van der Waals surface area contributed by atoms with Crippen molar-refractivity contribution in [3.05, 3.63) is 102 Å². The van der Waals surface area contributed by atoms with Crippen molar-refractivity contribution in [2.45, 2.75) is 39.3 Å². The lowest BCUT2D eigenvalue weighted by Gasteiger charge is -2.21. The molecule has 0 saturated heterocycles. The number of aliphatic carboxylic acids is 1. The Hall–Kier alpha value is -3.64. The predicted molar refractivity (Wildman–Crippen MR) is 142 cm³/mol. The number of benzene rings is 3. The molecule has 0 amide bonds. The van der Waals surface area contributed by atoms with Gasteiger partial charge in [0.2, 0.25) is 0 Å². The molecule has 180 valence electrons. The molecule has 0 fully saturated rings. The van der Waals surface area contributed by atoms with Crippen molar-refractivity contribution >= 4 is 22.4 Å². The van der Waals surface area contributed by atoms with Crippen LogP contribution < -0.4 is 9.64 Å². The van der Waals surface area contributed by atoms with Crippen molar-refractivity contribution in [3.63, 3.8) is 0 Å². The van der Waals surface area contributed by atoms with Gasteiger partial charge in [0.05, 0.1) is 4.88 Å². The van der Waals surface area contributed by atoms with Crippen LogP contribution in [0.1, 0.15) is 36.5 Å². The molecule has 35 heavy (non-hydrogen) atoms. The fraction of sp³-hybridized carbons (Fsp3) is 0.241. The Morgan fingerprint density at radius 1 is 0.943 bits per heavy atom. The van der Waals surface area contributed by atoms with Crippen LogP contribution in [0.5, 0.6) is 5.75 Å². The van der Waals surface area contributed by atoms with Crippen molar-refractivity contribution in [3.8, 4) is 16.2 Å². The van der Waals surface area contributed by atoms with Gasteiger partial charge in [0, 0.05) is 25.7 Å². The molecule has 0 saturated carbocycles. The fourth-order valence-corrected chi connectivity index (χ4v) is 4.74. The molecule has 0 bridgehead atoms. The number of nitrogens with zero attached hydrogens (tertiary/aromatic N) is 2. The molecule has 0 aliphatic heterocycles. The van der Waals surface area contributed by atoms with E-state index in [1.807, 2.05) is 36.5 Å². The second-order valence-electron chi connectivity index (χ2n) is 8.44. The Labute approximate surface area is 210 Å². The van der Waals surface area contributed by atoms with Gasteiger partial charge in [-0.15, -0.1) is 0 Å². The molecule has 0 radical (unpaired) electrons. The molecule has 1 aromatic heterocycles. The van der Waals surface area contributed by atoms with E-state index in [1.54, 1.807) is 11.3 Å². The molecule has 0 unspecified atom stereocenters. The first kappa shape index (κ1) is 24.5. The van der Waals surface area contributed by atoms with Gasteiger partial charge in [-0.3, -0.25) is 4.79 Å². The van der Waals surface area contributed by atoms with Crippen LogP contribution in [0.15, 0.2) is 85.1 Å². The van der Waals surface area contributed by atoms with E-state index in [0.29, 0.717) is 13.0 Å². The van der Waals surface area contributed by atoms with Crippen molar-refractivity contribution in [2.24, 2.45) is 0 Å². The van der Waals surface area contributed by atoms with Gasteiger partial charge in [0.1, 0.15) is 12.4 Å². The first-order valence-electron chi connectivity index (χ1n) is 11.9. The SMILES string of the molecule is CCCN(Cc1ccc(COc2ccc(CCC(=O)O)cc2)cc1)c1ncc(-c2ccccc2)s1. The lowest BCUT2D eigenvalue weighted by Crippen LogP contribution is -2.23. The van der Waals surface area contributed by atoms with Crippen LogP contribution >= 0.6 is 11.3 Å². The maximum atomic E-state index is 10.7. The number of anilines is 1. The number of aryl methyl sites for hydroxylation is 1. The Morgan fingerprint density at radius 2 is 1.63 bits per heavy atom. The zero-order valence-corrected chi connectivity index (χ0v) is 20.7. The summed E-state index contributed by atoms with van der Waals surface area (Å²) in [5.74, 6) is -0.00423. The number of ether oxygens (including phenoxy) is 1. The molecule has 0 aliphatic carbocycles. The number of aromatic nitrogens is 1. The molecule has 4 rings (SSSR count). The highest BCUT2D eigenvalue weighted by Crippen LogP contribution is 2.31. The van der Waals surface area contributed by atoms with Gasteiger partial charge in [0.15, 0.2) is 5.13 Å². The summed E-state index contributed by atoms with van der Waals surface area (Å²) in [6.07, 6.45) is 3.69. The maximum absolute atomic E-state index is 10.7. The summed E-state index contributed by atoms with van der Waals surface area (Å²) in [5, 5.41) is 9.85. The predicted octanol–water partition coefficient (Wildman–Crippen LogP) is 6.82. The molecule has 1 N–H and O–H groups in total. The van der Waals surface area contributed by atoms with Crippen LogP contribution in [0.4, 0.5) is 5.13 Å². The van der Waals surface area contributed by atoms with E-state index in [0.717, 1.165) is 41.5 Å². The topological polar surface area (TPSA) is 62.7 Å². The second kappa shape index (κ2) is 12.2. The van der Waals surface area contributed by atoms with E-state index < -0.39 is 5.97 Å². The summed E-state index contributed by atoms with van der Waals surface area (Å²) in [7, 11) is 0. The number of hydrogen-bond acceptors (Lipinski definition) is 5. The molecule has 3 aromatic carbocycles. The quantitative estimate of drug-likeness (QED) is 0.238. The molecule has 6 heteroatoms. The smallest absolute Gasteiger partial charge is 0.303 e. The van der Waals surface area contributed by atoms with Crippen LogP contribution in [0.3, 0.4) is 0 Å². The average molecular weight is 487 g/mol. The Bertz CT molecular complexity index is 1200. The highest BCUT2D eigenvalue weighted by atomic mass is 32.1. The Morgan fingerprint density at radius 3 is 2.31 bits per heavy atom. The van der Waals surface area contributed by atoms with E-state index in [-0.39, 0.29) is 6.42 Å². The highest BCUT2D eigenvalue weighted by Gasteiger charge is 2.12. The highest BCUT2D eigenvalue weighted by molar-refractivity contribution is 7.18. The van der Waals surface area contributed by atoms with Crippen LogP contribution in [-0.4, -0.2) is 22.6 Å². The number of thiazole rings is 1. The number of carboxylic acids is 1. The van der Waals surface area contributed by atoms with Crippen LogP contribution in [0, 0.1) is 0 Å². The Balaban J connectivity index is 1.33. The van der Waals surface area contributed by atoms with Crippen LogP contribution in [0.2, 0.25) is 0 Å². The van der Waals surface area contributed by atoms with E-state index in [1.165, 1.54) is 16.0 Å². The van der Waals surface area contributed by atoms with Crippen molar-refractivity contribution < 1.29 is 14.6 Å². The average Bonchev–Trinajstić information content (AvgIpc) is 3.38. The maximum Gasteiger partial charge on any atom is 0.303 e. The van der Waals surface area contributed by atoms with Gasteiger partial charge < -0.3 is 14.7 Å². The lowest BCUT2D eigenvalue weighted by molar-refractivity contribution is -0.136. The molecule has 0 atom stereocenters. The van der Waals surface area contributed by atoms with Crippen molar-refractivity contribution in [1.29, 1.82) is 0 Å². The summed E-state index contributed by atoms with van der Waals surface area (Å²) in [5.41, 5.74) is 4.54. The molecule has 5 nitrogen and oxygen atoms in total. The van der Waals surface area contributed by atoms with Gasteiger partial charge in [-0.25, -0.2) is 4.98 Å². The zero-order valence-electron chi connectivity index (χ0n) is 19.9. The molecular weight excluding hydrogens is 456 g/mol. The summed E-state index contributed by atoms with van der Waals surface area (Å²) < 4.78 is 5.91. The van der Waals surface area contributed by atoms with Crippen molar-refractivity contribution in [2.75, 3.05) is 11.4 Å². The fourth-order valence-electron chi connectivity index (χ4n) is 3.79. The second-order valence-corrected chi connectivity index (χ2v) is 9.45. The molecule has 0 aliphatic rings. The largest absolute Gasteiger partial charge is 0.489 e. The first-order chi connectivity index (χ1) is 17.1. The van der Waals surface area contributed by atoms with Gasteiger partial charge in [-0.2, -0.15) is 0 Å². The molecule has 1 heterocycles. The first-order valence-corrected chi connectivity index (χ1v) is 12.7. The molecular formula is C29H30N2O3S. The third kappa shape index (κ3) is 7.17. The number of carboxylic acid groups (broad SMARTS) is 1. The van der Waals surface area contributed by atoms with E-state index in [9.17, 15) is 4.79 Å². The number of carbonyl (C=O) groups is 1. The minimum absolute atomic E-state index is 0.138. The monoisotopic (exact) mass is 486 g/mol. The van der Waals surface area contributed by atoms with Gasteiger partial charge in [-0.1, -0.05) is 85.0 Å². The minimum Gasteiger partial charge on any atom is -0.489 e. The van der Waals surface area contributed by atoms with Gasteiger partial charge >= 0.3 is 5.97 Å². The van der Waals surface area contributed by atoms with E-state index in [4.69, 9.17) is 14.8 Å². The van der Waals surface area contributed by atoms with E-state index in [2.05, 4.69) is 60.4 Å². The number of hydrogen-bond donors (Lipinski definition) is 1. The molecule has 4 aromatic rings. The summed E-state index contributed by atoms with van der Waals surface area (Å²) in [4.78, 5) is 18.9. The summed E-state index contributed by atoms with van der Waals surface area (Å²) in [6, 6.07) is 26.5. The number of rotatable bonds is 12. The van der Waals surface area contributed by atoms with Crippen LogP contribution in [-0.2, 0) is 24.4 Å². The zero-order chi connectivity index (χ0) is 24.5. The van der Waals surface area contributed by atoms with Gasteiger partial charge in [0.25, 0.3) is 0 Å². The standard InChI is InChI=1S/C29H30N2O3S/c1-2-18-31(29-30-19-27(35-29)25-6-4-3-5-7-25)20-23-8-10-24(11-9-23)21-34-26-15-12-22(13-16-26)14-17-28(32)33/h3-13,15-16,19H,2,14,17-18,20-21H2,1H3,(H,32,33). The normalized spacial score (nSPS) is 10.8. The summed E-state index contributed by atoms with van der Waals surface area (Å²) in [6.45, 7) is 4.45. The van der Waals surface area contributed by atoms with Gasteiger partial charge in [-0.05, 0) is 47.2 Å². The lowest BCUT2D eigenvalue weighted by atomic mass is 10.1. The van der Waals surface area contributed by atoms with Crippen LogP contribution in [0.25, 0.3) is 10.4 Å². The van der Waals surface area contributed by atoms with Crippen molar-refractivity contribution in [1.82, 2.24) is 4.98 Å². The summed E-state index contributed by atoms with van der Waals surface area (Å²) >= 11 is 1.73. The third-order valence-electron chi connectivity index (χ3n) is 5.67. The molecule has 0 spiro atoms. The third-order valence-corrected chi connectivity index (χ3v) is 6.78. The minimum atomic E-state index is -0.782. The van der Waals surface area contributed by atoms with E-state index >= 15 is 0 Å².